The van der Waals surface area contributed by atoms with E-state index in [4.69, 9.17) is 24.4 Å². The number of carboxylic acids is 2. The van der Waals surface area contributed by atoms with Crippen molar-refractivity contribution in [3.8, 4) is 11.5 Å². The summed E-state index contributed by atoms with van der Waals surface area (Å²) in [5, 5.41) is 47.2. The minimum absolute atomic E-state index is 0.0109. The van der Waals surface area contributed by atoms with Gasteiger partial charge in [0.25, 0.3) is 0 Å². The Balaban J connectivity index is 2.28. The van der Waals surface area contributed by atoms with Gasteiger partial charge in [0.15, 0.2) is 17.6 Å². The summed E-state index contributed by atoms with van der Waals surface area (Å²) >= 11 is 0. The van der Waals surface area contributed by atoms with Gasteiger partial charge in [0.2, 0.25) is 6.29 Å². The lowest BCUT2D eigenvalue weighted by atomic mass is 9.99. The zero-order valence-corrected chi connectivity index (χ0v) is 13.6. The van der Waals surface area contributed by atoms with Crippen molar-refractivity contribution >= 4 is 18.0 Å². The highest BCUT2D eigenvalue weighted by molar-refractivity contribution is 5.85. The summed E-state index contributed by atoms with van der Waals surface area (Å²) in [6.45, 7) is 0. The van der Waals surface area contributed by atoms with Gasteiger partial charge in [0.05, 0.1) is 7.11 Å². The van der Waals surface area contributed by atoms with E-state index in [1.165, 1.54) is 25.3 Å². The van der Waals surface area contributed by atoms with Crippen LogP contribution in [-0.4, -0.2) is 75.3 Å². The number of aliphatic hydroxyl groups is 3. The number of rotatable bonds is 6. The van der Waals surface area contributed by atoms with Gasteiger partial charge in [-0.15, -0.1) is 0 Å². The number of methoxy groups -OCH3 is 1. The molecule has 1 aliphatic rings. The van der Waals surface area contributed by atoms with E-state index < -0.39 is 42.6 Å². The molecule has 0 aromatic heterocycles. The molecule has 1 aromatic rings. The van der Waals surface area contributed by atoms with Gasteiger partial charge in [0, 0.05) is 6.08 Å². The SMILES string of the molecule is COc1ccc(/C=C\C(=O)O)cc1O[C@@H]1O[C@H](C(=O)O)[C@@H](O)[C@H](O)[C@H]1O. The number of hydrogen-bond donors (Lipinski definition) is 5. The maximum atomic E-state index is 11.1. The molecule has 1 heterocycles. The number of hydrogen-bond acceptors (Lipinski definition) is 8. The average Bonchev–Trinajstić information content (AvgIpc) is 2.60. The molecule has 0 saturated carbocycles. The summed E-state index contributed by atoms with van der Waals surface area (Å²) in [6.07, 6.45) is -6.61. The first-order valence-corrected chi connectivity index (χ1v) is 7.42. The molecule has 142 valence electrons. The van der Waals surface area contributed by atoms with Crippen LogP contribution in [0.15, 0.2) is 24.3 Å². The predicted octanol–water partition coefficient (Wildman–Crippen LogP) is -0.936. The van der Waals surface area contributed by atoms with E-state index in [-0.39, 0.29) is 11.5 Å². The van der Waals surface area contributed by atoms with Crippen LogP contribution < -0.4 is 9.47 Å². The third-order valence-electron chi connectivity index (χ3n) is 3.66. The molecular weight excluding hydrogens is 352 g/mol. The van der Waals surface area contributed by atoms with Crippen LogP contribution in [0.3, 0.4) is 0 Å². The third kappa shape index (κ3) is 4.29. The van der Waals surface area contributed by atoms with Crippen molar-refractivity contribution in [2.45, 2.75) is 30.7 Å². The van der Waals surface area contributed by atoms with Gasteiger partial charge >= 0.3 is 11.9 Å². The van der Waals surface area contributed by atoms with Crippen LogP contribution in [-0.2, 0) is 14.3 Å². The molecule has 0 bridgehead atoms. The molecular formula is C16H18O10. The van der Waals surface area contributed by atoms with Crippen LogP contribution in [0.25, 0.3) is 6.08 Å². The largest absolute Gasteiger partial charge is 0.493 e. The second-order valence-corrected chi connectivity index (χ2v) is 5.43. The second kappa shape index (κ2) is 8.15. The van der Waals surface area contributed by atoms with E-state index in [9.17, 15) is 24.9 Å². The Kier molecular flexibility index (Phi) is 6.16. The maximum absolute atomic E-state index is 11.1. The molecule has 0 spiro atoms. The van der Waals surface area contributed by atoms with Gasteiger partial charge < -0.3 is 39.7 Å². The lowest BCUT2D eigenvalue weighted by Crippen LogP contribution is -2.61. The maximum Gasteiger partial charge on any atom is 0.335 e. The monoisotopic (exact) mass is 370 g/mol. The van der Waals surface area contributed by atoms with Crippen LogP contribution in [0, 0.1) is 0 Å². The summed E-state index contributed by atoms with van der Waals surface area (Å²) in [6, 6.07) is 4.38. The summed E-state index contributed by atoms with van der Waals surface area (Å²) in [5.41, 5.74) is 0.420. The Hall–Kier alpha value is -2.66. The highest BCUT2D eigenvalue weighted by Gasteiger charge is 2.48. The van der Waals surface area contributed by atoms with Gasteiger partial charge in [-0.1, -0.05) is 6.07 Å². The van der Waals surface area contributed by atoms with E-state index in [0.717, 1.165) is 6.08 Å². The average molecular weight is 370 g/mol. The number of aliphatic hydroxyl groups excluding tert-OH is 3. The van der Waals surface area contributed by atoms with Crippen molar-refractivity contribution in [2.75, 3.05) is 7.11 Å². The van der Waals surface area contributed by atoms with Crippen LogP contribution >= 0.6 is 0 Å². The van der Waals surface area contributed by atoms with Crippen LogP contribution in [0.2, 0.25) is 0 Å². The smallest absolute Gasteiger partial charge is 0.335 e. The third-order valence-corrected chi connectivity index (χ3v) is 3.66. The van der Waals surface area contributed by atoms with E-state index in [1.807, 2.05) is 0 Å². The fourth-order valence-electron chi connectivity index (χ4n) is 2.33. The highest BCUT2D eigenvalue weighted by Crippen LogP contribution is 2.32. The zero-order chi connectivity index (χ0) is 19.4. The lowest BCUT2D eigenvalue weighted by molar-refractivity contribution is -0.271. The minimum Gasteiger partial charge on any atom is -0.493 e. The molecule has 1 aromatic carbocycles. The Morgan fingerprint density at radius 1 is 1.08 bits per heavy atom. The van der Waals surface area contributed by atoms with Gasteiger partial charge in [-0.2, -0.15) is 0 Å². The van der Waals surface area contributed by atoms with Crippen molar-refractivity contribution in [1.29, 1.82) is 0 Å². The highest BCUT2D eigenvalue weighted by atomic mass is 16.7. The van der Waals surface area contributed by atoms with Crippen molar-refractivity contribution in [1.82, 2.24) is 0 Å². The molecule has 0 unspecified atom stereocenters. The van der Waals surface area contributed by atoms with Gasteiger partial charge in [-0.05, 0) is 23.8 Å². The zero-order valence-electron chi connectivity index (χ0n) is 13.6. The van der Waals surface area contributed by atoms with Crippen molar-refractivity contribution in [3.63, 3.8) is 0 Å². The number of aliphatic carboxylic acids is 2. The second-order valence-electron chi connectivity index (χ2n) is 5.43. The molecule has 1 fully saturated rings. The first-order chi connectivity index (χ1) is 12.2. The fourth-order valence-corrected chi connectivity index (χ4v) is 2.33. The summed E-state index contributed by atoms with van der Waals surface area (Å²) in [4.78, 5) is 21.7. The van der Waals surface area contributed by atoms with Crippen molar-refractivity contribution in [3.05, 3.63) is 29.8 Å². The topological polar surface area (TPSA) is 163 Å². The molecule has 5 N–H and O–H groups in total. The van der Waals surface area contributed by atoms with Crippen LogP contribution in [0.4, 0.5) is 0 Å². The molecule has 26 heavy (non-hydrogen) atoms. The van der Waals surface area contributed by atoms with Gasteiger partial charge in [-0.25, -0.2) is 9.59 Å². The van der Waals surface area contributed by atoms with E-state index >= 15 is 0 Å². The molecule has 10 heteroatoms. The molecule has 5 atom stereocenters. The van der Waals surface area contributed by atoms with Gasteiger partial charge in [-0.3, -0.25) is 0 Å². The molecule has 1 saturated heterocycles. The van der Waals surface area contributed by atoms with Crippen molar-refractivity contribution in [2.24, 2.45) is 0 Å². The first-order valence-electron chi connectivity index (χ1n) is 7.42. The first kappa shape index (κ1) is 19.7. The van der Waals surface area contributed by atoms with Gasteiger partial charge in [0.1, 0.15) is 18.3 Å². The van der Waals surface area contributed by atoms with E-state index in [0.29, 0.717) is 5.56 Å². The number of carboxylic acid groups (broad SMARTS) is 2. The number of ether oxygens (including phenoxy) is 3. The van der Waals surface area contributed by atoms with Crippen LogP contribution in [0.5, 0.6) is 11.5 Å². The molecule has 2 rings (SSSR count). The predicted molar refractivity (Wildman–Crippen MR) is 84.6 cm³/mol. The Bertz CT molecular complexity index is 700. The number of carbonyl (C=O) groups is 2. The van der Waals surface area contributed by atoms with Crippen LogP contribution in [0.1, 0.15) is 5.56 Å². The summed E-state index contributed by atoms with van der Waals surface area (Å²) < 4.78 is 15.6. The van der Waals surface area contributed by atoms with Crippen molar-refractivity contribution < 1.29 is 49.3 Å². The van der Waals surface area contributed by atoms with E-state index in [2.05, 4.69) is 0 Å². The summed E-state index contributed by atoms with van der Waals surface area (Å²) in [7, 11) is 1.34. The Labute approximate surface area is 147 Å². The normalized spacial score (nSPS) is 28.7. The Morgan fingerprint density at radius 2 is 1.77 bits per heavy atom. The molecule has 10 nitrogen and oxygen atoms in total. The molecule has 0 aliphatic carbocycles. The molecule has 1 aliphatic heterocycles. The van der Waals surface area contributed by atoms with E-state index in [1.54, 1.807) is 6.07 Å². The quantitative estimate of drug-likeness (QED) is 0.395. The minimum atomic E-state index is -1.84. The lowest BCUT2D eigenvalue weighted by Gasteiger charge is -2.38. The summed E-state index contributed by atoms with van der Waals surface area (Å²) in [5.74, 6) is -2.49. The molecule has 0 amide bonds. The standard InChI is InChI=1S/C16H18O10/c1-24-8-4-2-7(3-5-10(17)18)6-9(8)25-16-13(21)11(19)12(20)14(26-16)15(22)23/h2-6,11-14,16,19-21H,1H3,(H,17,18)(H,22,23)/b5-3-/t11-,12-,13+,14-,16+/m0/s1. The number of benzene rings is 1. The fraction of sp³-hybridized carbons (Fsp3) is 0.375. The Morgan fingerprint density at radius 3 is 2.35 bits per heavy atom. The molecule has 0 radical (unpaired) electrons.